The van der Waals surface area contributed by atoms with Gasteiger partial charge in [0.25, 0.3) is 5.91 Å². The maximum Gasteiger partial charge on any atom is 0.258 e. The van der Waals surface area contributed by atoms with Crippen LogP contribution in [0.25, 0.3) is 0 Å². The first-order valence-corrected chi connectivity index (χ1v) is 8.08. The van der Waals surface area contributed by atoms with Crippen molar-refractivity contribution in [3.05, 3.63) is 30.1 Å². The Kier molecular flexibility index (Phi) is 4.79. The zero-order valence-corrected chi connectivity index (χ0v) is 13.0. The number of hydrogen-bond acceptors (Lipinski definition) is 3. The summed E-state index contributed by atoms with van der Waals surface area (Å²) in [4.78, 5) is 25.8. The van der Waals surface area contributed by atoms with Crippen molar-refractivity contribution in [3.63, 3.8) is 0 Å². The number of likely N-dealkylation sites (tertiary alicyclic amines) is 1. The van der Waals surface area contributed by atoms with Crippen LogP contribution in [-0.2, 0) is 9.59 Å². The van der Waals surface area contributed by atoms with Gasteiger partial charge in [-0.1, -0.05) is 0 Å². The van der Waals surface area contributed by atoms with Crippen molar-refractivity contribution in [2.75, 3.05) is 19.7 Å². The van der Waals surface area contributed by atoms with Crippen LogP contribution in [-0.4, -0.2) is 42.5 Å². The topological polar surface area (TPSA) is 58.6 Å². The summed E-state index contributed by atoms with van der Waals surface area (Å²) in [5.74, 6) is 0.460. The van der Waals surface area contributed by atoms with Gasteiger partial charge in [0, 0.05) is 25.0 Å². The van der Waals surface area contributed by atoms with Gasteiger partial charge in [0.05, 0.1) is 0 Å². The van der Waals surface area contributed by atoms with Gasteiger partial charge >= 0.3 is 0 Å². The van der Waals surface area contributed by atoms with Gasteiger partial charge in [-0.2, -0.15) is 0 Å². The molecule has 1 N–H and O–H groups in total. The van der Waals surface area contributed by atoms with Crippen molar-refractivity contribution in [2.24, 2.45) is 5.92 Å². The molecule has 0 aromatic heterocycles. The number of ether oxygens (including phenoxy) is 1. The maximum absolute atomic E-state index is 12.8. The summed E-state index contributed by atoms with van der Waals surface area (Å²) in [6.07, 6.45) is 3.61. The van der Waals surface area contributed by atoms with Gasteiger partial charge in [-0.3, -0.25) is 9.59 Å². The van der Waals surface area contributed by atoms with Crippen LogP contribution in [0, 0.1) is 11.7 Å². The quantitative estimate of drug-likeness (QED) is 0.899. The van der Waals surface area contributed by atoms with Gasteiger partial charge in [-0.25, -0.2) is 4.39 Å². The molecule has 0 bridgehead atoms. The Balaban J connectivity index is 1.37. The molecule has 124 valence electrons. The van der Waals surface area contributed by atoms with E-state index in [4.69, 9.17) is 4.74 Å². The lowest BCUT2D eigenvalue weighted by molar-refractivity contribution is -0.133. The van der Waals surface area contributed by atoms with E-state index in [0.717, 1.165) is 25.7 Å². The van der Waals surface area contributed by atoms with E-state index in [1.807, 2.05) is 4.90 Å². The van der Waals surface area contributed by atoms with E-state index in [1.54, 1.807) is 0 Å². The molecule has 0 spiro atoms. The van der Waals surface area contributed by atoms with E-state index < -0.39 is 0 Å². The van der Waals surface area contributed by atoms with Gasteiger partial charge in [-0.15, -0.1) is 0 Å². The maximum atomic E-state index is 12.8. The Bertz CT molecular complexity index is 564. The van der Waals surface area contributed by atoms with E-state index in [0.29, 0.717) is 18.8 Å². The average Bonchev–Trinajstić information content (AvgIpc) is 3.39. The van der Waals surface area contributed by atoms with E-state index in [-0.39, 0.29) is 36.2 Å². The Morgan fingerprint density at radius 1 is 1.13 bits per heavy atom. The van der Waals surface area contributed by atoms with E-state index in [2.05, 4.69) is 5.32 Å². The van der Waals surface area contributed by atoms with Crippen LogP contribution in [0.5, 0.6) is 5.75 Å². The lowest BCUT2D eigenvalue weighted by Crippen LogP contribution is -2.47. The number of benzene rings is 1. The van der Waals surface area contributed by atoms with Crippen LogP contribution in [0.4, 0.5) is 4.39 Å². The number of carbonyl (C=O) groups is 2. The number of nitrogens with zero attached hydrogens (tertiary/aromatic N) is 1. The molecule has 6 heteroatoms. The second-order valence-corrected chi connectivity index (χ2v) is 6.18. The molecule has 0 atom stereocenters. The molecule has 5 nitrogen and oxygen atoms in total. The van der Waals surface area contributed by atoms with E-state index in [9.17, 15) is 14.0 Å². The highest BCUT2D eigenvalue weighted by molar-refractivity contribution is 5.81. The Hall–Kier alpha value is -2.11. The third-order valence-electron chi connectivity index (χ3n) is 4.28. The molecule has 1 aliphatic carbocycles. The molecular formula is C17H21FN2O3. The highest BCUT2D eigenvalue weighted by Crippen LogP contribution is 2.31. The summed E-state index contributed by atoms with van der Waals surface area (Å²) in [5.41, 5.74) is 0. The Morgan fingerprint density at radius 3 is 2.39 bits per heavy atom. The van der Waals surface area contributed by atoms with Crippen LogP contribution in [0.15, 0.2) is 24.3 Å². The second-order valence-electron chi connectivity index (χ2n) is 6.18. The fourth-order valence-electron chi connectivity index (χ4n) is 2.78. The highest BCUT2D eigenvalue weighted by atomic mass is 19.1. The molecule has 1 aromatic carbocycles. The molecule has 0 unspecified atom stereocenters. The summed E-state index contributed by atoms with van der Waals surface area (Å²) < 4.78 is 18.1. The van der Waals surface area contributed by atoms with Crippen molar-refractivity contribution in [1.29, 1.82) is 0 Å². The fraction of sp³-hybridized carbons (Fsp3) is 0.529. The van der Waals surface area contributed by atoms with Crippen molar-refractivity contribution in [2.45, 2.75) is 31.7 Å². The number of halogens is 1. The summed E-state index contributed by atoms with van der Waals surface area (Å²) in [6, 6.07) is 5.65. The van der Waals surface area contributed by atoms with Gasteiger partial charge < -0.3 is 15.0 Å². The predicted octanol–water partition coefficient (Wildman–Crippen LogP) is 1.72. The normalized spacial score (nSPS) is 18.6. The van der Waals surface area contributed by atoms with Crippen LogP contribution in [0.1, 0.15) is 25.7 Å². The summed E-state index contributed by atoms with van der Waals surface area (Å²) in [6.45, 7) is 1.32. The van der Waals surface area contributed by atoms with Crippen molar-refractivity contribution >= 4 is 11.8 Å². The molecule has 2 fully saturated rings. The fourth-order valence-corrected chi connectivity index (χ4v) is 2.78. The van der Waals surface area contributed by atoms with Crippen LogP contribution >= 0.6 is 0 Å². The third kappa shape index (κ3) is 4.43. The minimum absolute atomic E-state index is 0.0857. The van der Waals surface area contributed by atoms with Crippen molar-refractivity contribution in [1.82, 2.24) is 10.2 Å². The molecule has 23 heavy (non-hydrogen) atoms. The Morgan fingerprint density at radius 2 is 1.78 bits per heavy atom. The van der Waals surface area contributed by atoms with Gasteiger partial charge in [0.15, 0.2) is 6.61 Å². The molecule has 1 saturated carbocycles. The molecule has 3 rings (SSSR count). The number of rotatable bonds is 5. The van der Waals surface area contributed by atoms with Crippen LogP contribution < -0.4 is 10.1 Å². The summed E-state index contributed by atoms with van der Waals surface area (Å²) >= 11 is 0. The number of carbonyl (C=O) groups excluding carboxylic acids is 2. The standard InChI is InChI=1S/C17H21FN2O3/c18-13-3-5-15(6-4-13)23-11-16(21)19-14-7-9-20(10-8-14)17(22)12-1-2-12/h3-6,12,14H,1-2,7-11H2,(H,19,21). The lowest BCUT2D eigenvalue weighted by atomic mass is 10.0. The van der Waals surface area contributed by atoms with Gasteiger partial charge in [0.2, 0.25) is 5.91 Å². The zero-order chi connectivity index (χ0) is 16.2. The largest absolute Gasteiger partial charge is 0.484 e. The average molecular weight is 320 g/mol. The molecular weight excluding hydrogens is 299 g/mol. The van der Waals surface area contributed by atoms with Gasteiger partial charge in [-0.05, 0) is 49.9 Å². The zero-order valence-electron chi connectivity index (χ0n) is 13.0. The van der Waals surface area contributed by atoms with Crippen molar-refractivity contribution < 1.29 is 18.7 Å². The minimum Gasteiger partial charge on any atom is -0.484 e. The monoisotopic (exact) mass is 320 g/mol. The van der Waals surface area contributed by atoms with Crippen molar-refractivity contribution in [3.8, 4) is 5.75 Å². The SMILES string of the molecule is O=C(COc1ccc(F)cc1)NC1CCN(C(=O)C2CC2)CC1. The first kappa shape index (κ1) is 15.8. The van der Waals surface area contributed by atoms with Crippen LogP contribution in [0.2, 0.25) is 0 Å². The molecule has 1 saturated heterocycles. The third-order valence-corrected chi connectivity index (χ3v) is 4.28. The molecule has 0 radical (unpaired) electrons. The number of amides is 2. The molecule has 2 amide bonds. The number of piperidine rings is 1. The molecule has 1 heterocycles. The number of nitrogens with one attached hydrogen (secondary N) is 1. The molecule has 1 aliphatic heterocycles. The first-order chi connectivity index (χ1) is 11.1. The second kappa shape index (κ2) is 6.98. The lowest BCUT2D eigenvalue weighted by Gasteiger charge is -2.32. The molecule has 1 aromatic rings. The summed E-state index contributed by atoms with van der Waals surface area (Å²) in [5, 5.41) is 2.93. The van der Waals surface area contributed by atoms with E-state index >= 15 is 0 Å². The van der Waals surface area contributed by atoms with Gasteiger partial charge in [0.1, 0.15) is 11.6 Å². The van der Waals surface area contributed by atoms with E-state index in [1.165, 1.54) is 24.3 Å². The first-order valence-electron chi connectivity index (χ1n) is 8.08. The van der Waals surface area contributed by atoms with Crippen LogP contribution in [0.3, 0.4) is 0 Å². The Labute approximate surface area is 134 Å². The highest BCUT2D eigenvalue weighted by Gasteiger charge is 2.35. The predicted molar refractivity (Wildman–Crippen MR) is 82.4 cm³/mol. The molecule has 2 aliphatic rings. The number of hydrogen-bond donors (Lipinski definition) is 1. The summed E-state index contributed by atoms with van der Waals surface area (Å²) in [7, 11) is 0. The smallest absolute Gasteiger partial charge is 0.258 e. The minimum atomic E-state index is -0.339.